The summed E-state index contributed by atoms with van der Waals surface area (Å²) in [5.41, 5.74) is 1.91. The summed E-state index contributed by atoms with van der Waals surface area (Å²) in [5, 5.41) is 13.6. The zero-order valence-electron chi connectivity index (χ0n) is 13.3. The molecule has 25 heavy (non-hydrogen) atoms. The Morgan fingerprint density at radius 1 is 0.880 bits per heavy atom. The quantitative estimate of drug-likeness (QED) is 0.355. The molecule has 2 aromatic carbocycles. The summed E-state index contributed by atoms with van der Waals surface area (Å²) in [5.74, 6) is 0.488. The van der Waals surface area contributed by atoms with Gasteiger partial charge in [0.05, 0.1) is 10.6 Å². The van der Waals surface area contributed by atoms with Crippen molar-refractivity contribution in [3.63, 3.8) is 0 Å². The fourth-order valence-corrected chi connectivity index (χ4v) is 4.25. The predicted octanol–water partition coefficient (Wildman–Crippen LogP) is 5.33. The van der Waals surface area contributed by atoms with Crippen LogP contribution in [0.15, 0.2) is 77.1 Å². The molecule has 0 unspecified atom stereocenters. The first-order chi connectivity index (χ1) is 12.3. The minimum Gasteiger partial charge on any atom is -0.292 e. The molecule has 0 aliphatic rings. The van der Waals surface area contributed by atoms with Crippen LogP contribution in [0.1, 0.15) is 9.67 Å². The van der Waals surface area contributed by atoms with Gasteiger partial charge in [0, 0.05) is 16.3 Å². The number of thioether (sulfide) groups is 1. The number of thiophene rings is 1. The fourth-order valence-electron chi connectivity index (χ4n) is 2.64. The molecule has 0 fully saturated rings. The van der Waals surface area contributed by atoms with Gasteiger partial charge in [-0.25, -0.2) is 0 Å². The number of carbonyl (C=O) groups is 1. The van der Waals surface area contributed by atoms with E-state index in [1.54, 1.807) is 0 Å². The van der Waals surface area contributed by atoms with E-state index in [4.69, 9.17) is 0 Å². The maximum Gasteiger partial charge on any atom is 0.183 e. The third-order valence-electron chi connectivity index (χ3n) is 3.84. The lowest BCUT2D eigenvalue weighted by Crippen LogP contribution is -2.01. The predicted molar refractivity (Wildman–Crippen MR) is 104 cm³/mol. The van der Waals surface area contributed by atoms with E-state index in [0.717, 1.165) is 31.9 Å². The number of carbonyl (C=O) groups excluding carboxylic acids is 1. The van der Waals surface area contributed by atoms with E-state index in [0.29, 0.717) is 5.75 Å². The molecule has 122 valence electrons. The Hall–Kier alpha value is -2.50. The number of rotatable bonds is 5. The molecule has 0 saturated heterocycles. The minimum atomic E-state index is 0.123. The normalized spacial score (nSPS) is 10.9. The lowest BCUT2D eigenvalue weighted by molar-refractivity contribution is 0.102. The third kappa shape index (κ3) is 3.34. The van der Waals surface area contributed by atoms with Crippen LogP contribution in [-0.4, -0.2) is 21.7 Å². The van der Waals surface area contributed by atoms with Gasteiger partial charge in [0.2, 0.25) is 0 Å². The number of fused-ring (bicyclic) bond motifs is 1. The van der Waals surface area contributed by atoms with Crippen molar-refractivity contribution in [1.29, 1.82) is 0 Å². The van der Waals surface area contributed by atoms with Crippen LogP contribution in [0.3, 0.4) is 0 Å². The number of hydrogen-bond acceptors (Lipinski definition) is 5. The lowest BCUT2D eigenvalue weighted by atomic mass is 10.1. The molecule has 5 heteroatoms. The van der Waals surface area contributed by atoms with Crippen molar-refractivity contribution in [1.82, 2.24) is 10.2 Å². The monoisotopic (exact) mass is 362 g/mol. The van der Waals surface area contributed by atoms with Crippen LogP contribution < -0.4 is 0 Å². The van der Waals surface area contributed by atoms with Gasteiger partial charge in [-0.2, -0.15) is 0 Å². The summed E-state index contributed by atoms with van der Waals surface area (Å²) >= 11 is 2.91. The van der Waals surface area contributed by atoms with Gasteiger partial charge in [-0.3, -0.25) is 4.79 Å². The van der Waals surface area contributed by atoms with Crippen molar-refractivity contribution in [2.75, 3.05) is 5.75 Å². The number of ketones is 1. The van der Waals surface area contributed by atoms with Crippen molar-refractivity contribution in [2.24, 2.45) is 0 Å². The highest BCUT2D eigenvalue weighted by molar-refractivity contribution is 8.00. The van der Waals surface area contributed by atoms with Gasteiger partial charge in [0.25, 0.3) is 0 Å². The second-order valence-corrected chi connectivity index (χ2v) is 7.37. The van der Waals surface area contributed by atoms with E-state index in [-0.39, 0.29) is 5.78 Å². The van der Waals surface area contributed by atoms with E-state index < -0.39 is 0 Å². The number of hydrogen-bond donors (Lipinski definition) is 0. The Morgan fingerprint density at radius 3 is 2.40 bits per heavy atom. The zero-order valence-corrected chi connectivity index (χ0v) is 14.9. The molecule has 3 nitrogen and oxygen atoms in total. The zero-order chi connectivity index (χ0) is 17.1. The smallest absolute Gasteiger partial charge is 0.183 e. The molecule has 0 spiro atoms. The molecule has 2 heterocycles. The number of benzene rings is 2. The Balaban J connectivity index is 1.68. The Bertz CT molecular complexity index is 1010. The highest BCUT2D eigenvalue weighted by Crippen LogP contribution is 2.32. The molecule has 4 rings (SSSR count). The second kappa shape index (κ2) is 7.17. The van der Waals surface area contributed by atoms with Crippen LogP contribution in [0, 0.1) is 0 Å². The molecule has 0 aliphatic carbocycles. The van der Waals surface area contributed by atoms with Crippen molar-refractivity contribution < 1.29 is 4.79 Å². The summed E-state index contributed by atoms with van der Waals surface area (Å²) in [6.45, 7) is 0. The summed E-state index contributed by atoms with van der Waals surface area (Å²) < 4.78 is 0. The van der Waals surface area contributed by atoms with E-state index in [1.807, 2.05) is 66.0 Å². The van der Waals surface area contributed by atoms with E-state index in [9.17, 15) is 4.79 Å². The number of nitrogens with zero attached hydrogens (tertiary/aromatic N) is 2. The molecule has 0 amide bonds. The van der Waals surface area contributed by atoms with Crippen LogP contribution in [0.4, 0.5) is 0 Å². The van der Waals surface area contributed by atoms with Crippen LogP contribution in [0.5, 0.6) is 0 Å². The number of Topliss-reactive ketones (excluding diaryl/α,β-unsaturated/α-hetero) is 1. The fraction of sp³-hybridized carbons (Fsp3) is 0.0500. The Labute approximate surface area is 153 Å². The van der Waals surface area contributed by atoms with Crippen LogP contribution >= 0.6 is 23.1 Å². The molecular formula is C20H14N2OS2. The van der Waals surface area contributed by atoms with Gasteiger partial charge in [-0.15, -0.1) is 21.5 Å². The standard InChI is InChI=1S/C20H14N2OS2/c23-17(18-11-6-12-24-18)13-25-20-16-10-5-4-9-15(16)19(21-22-20)14-7-2-1-3-8-14/h1-12H,13H2. The molecule has 0 atom stereocenters. The molecule has 2 aromatic heterocycles. The van der Waals surface area contributed by atoms with Crippen molar-refractivity contribution in [3.8, 4) is 11.3 Å². The largest absolute Gasteiger partial charge is 0.292 e. The SMILES string of the molecule is O=C(CSc1nnc(-c2ccccc2)c2ccccc12)c1cccs1. The van der Waals surface area contributed by atoms with Gasteiger partial charge in [-0.05, 0) is 11.4 Å². The summed E-state index contributed by atoms with van der Waals surface area (Å²) in [6, 6.07) is 21.9. The van der Waals surface area contributed by atoms with E-state index >= 15 is 0 Å². The average molecular weight is 362 g/mol. The first-order valence-corrected chi connectivity index (χ1v) is 9.70. The number of aromatic nitrogens is 2. The first kappa shape index (κ1) is 16.0. The minimum absolute atomic E-state index is 0.123. The van der Waals surface area contributed by atoms with Gasteiger partial charge < -0.3 is 0 Å². The summed E-state index contributed by atoms with van der Waals surface area (Å²) in [6.07, 6.45) is 0. The second-order valence-electron chi connectivity index (χ2n) is 5.45. The van der Waals surface area contributed by atoms with Gasteiger partial charge >= 0.3 is 0 Å². The lowest BCUT2D eigenvalue weighted by Gasteiger charge is -2.08. The Morgan fingerprint density at radius 2 is 1.64 bits per heavy atom. The molecule has 0 N–H and O–H groups in total. The third-order valence-corrected chi connectivity index (χ3v) is 5.73. The molecule has 0 aliphatic heterocycles. The van der Waals surface area contributed by atoms with Crippen LogP contribution in [0.25, 0.3) is 22.0 Å². The first-order valence-electron chi connectivity index (χ1n) is 7.83. The van der Waals surface area contributed by atoms with Crippen LogP contribution in [0.2, 0.25) is 0 Å². The Kier molecular flexibility index (Phi) is 4.59. The highest BCUT2D eigenvalue weighted by Gasteiger charge is 2.13. The molecule has 4 aromatic rings. The van der Waals surface area contributed by atoms with Gasteiger partial charge in [0.1, 0.15) is 10.7 Å². The van der Waals surface area contributed by atoms with Gasteiger partial charge in [0.15, 0.2) is 5.78 Å². The van der Waals surface area contributed by atoms with E-state index in [1.165, 1.54) is 23.1 Å². The van der Waals surface area contributed by atoms with Crippen LogP contribution in [-0.2, 0) is 0 Å². The van der Waals surface area contributed by atoms with Crippen molar-refractivity contribution >= 4 is 39.7 Å². The van der Waals surface area contributed by atoms with Gasteiger partial charge in [-0.1, -0.05) is 72.4 Å². The van der Waals surface area contributed by atoms with Crippen molar-refractivity contribution in [3.05, 3.63) is 77.0 Å². The molecule has 0 radical (unpaired) electrons. The topological polar surface area (TPSA) is 42.9 Å². The maximum atomic E-state index is 12.2. The molecule has 0 bridgehead atoms. The maximum absolute atomic E-state index is 12.2. The van der Waals surface area contributed by atoms with E-state index in [2.05, 4.69) is 16.3 Å². The summed E-state index contributed by atoms with van der Waals surface area (Å²) in [7, 11) is 0. The highest BCUT2D eigenvalue weighted by atomic mass is 32.2. The molecular weight excluding hydrogens is 348 g/mol. The van der Waals surface area contributed by atoms with Crippen molar-refractivity contribution in [2.45, 2.75) is 5.03 Å². The molecule has 0 saturated carbocycles. The average Bonchev–Trinajstić information content (AvgIpc) is 3.21. The summed E-state index contributed by atoms with van der Waals surface area (Å²) in [4.78, 5) is 13.0.